The summed E-state index contributed by atoms with van der Waals surface area (Å²) in [6.45, 7) is 0.683. The van der Waals surface area contributed by atoms with Gasteiger partial charge in [-0.25, -0.2) is 0 Å². The lowest BCUT2D eigenvalue weighted by Gasteiger charge is -2.17. The minimum Gasteiger partial charge on any atom is -0.493 e. The van der Waals surface area contributed by atoms with Crippen molar-refractivity contribution in [3.63, 3.8) is 0 Å². The van der Waals surface area contributed by atoms with Gasteiger partial charge in [0.15, 0.2) is 17.3 Å². The van der Waals surface area contributed by atoms with E-state index in [9.17, 15) is 9.59 Å². The number of ether oxygens (including phenoxy) is 2. The summed E-state index contributed by atoms with van der Waals surface area (Å²) in [6.07, 6.45) is 1.24. The molecule has 0 fully saturated rings. The number of amides is 1. The van der Waals surface area contributed by atoms with Crippen LogP contribution < -0.4 is 14.4 Å². The van der Waals surface area contributed by atoms with Crippen LogP contribution in [0.3, 0.4) is 0 Å². The van der Waals surface area contributed by atoms with Gasteiger partial charge in [0.05, 0.1) is 14.2 Å². The predicted octanol–water partition coefficient (Wildman–Crippen LogP) is 3.26. The van der Waals surface area contributed by atoms with E-state index in [2.05, 4.69) is 0 Å². The second-order valence-corrected chi connectivity index (χ2v) is 5.92. The lowest BCUT2D eigenvalue weighted by molar-refractivity contribution is -0.118. The van der Waals surface area contributed by atoms with Gasteiger partial charge in [-0.15, -0.1) is 0 Å². The minimum absolute atomic E-state index is 0.0150. The number of hydrogen-bond acceptors (Lipinski definition) is 4. The topological polar surface area (TPSA) is 55.8 Å². The fourth-order valence-electron chi connectivity index (χ4n) is 3.11. The van der Waals surface area contributed by atoms with E-state index in [4.69, 9.17) is 9.47 Å². The Morgan fingerprint density at radius 2 is 1.76 bits per heavy atom. The Morgan fingerprint density at radius 1 is 1.00 bits per heavy atom. The van der Waals surface area contributed by atoms with E-state index in [1.807, 2.05) is 24.3 Å². The molecule has 0 saturated heterocycles. The number of Topliss-reactive ketones (excluding diaryl/α,β-unsaturated/α-hetero) is 1. The molecule has 2 aromatic rings. The van der Waals surface area contributed by atoms with Crippen LogP contribution in [0.5, 0.6) is 11.5 Å². The maximum Gasteiger partial charge on any atom is 0.227 e. The van der Waals surface area contributed by atoms with E-state index in [0.29, 0.717) is 23.6 Å². The third-order valence-corrected chi connectivity index (χ3v) is 4.46. The monoisotopic (exact) mass is 339 g/mol. The molecule has 0 N–H and O–H groups in total. The van der Waals surface area contributed by atoms with E-state index in [0.717, 1.165) is 12.1 Å². The number of para-hydroxylation sites is 1. The largest absolute Gasteiger partial charge is 0.493 e. The molecular formula is C20H21NO4. The summed E-state index contributed by atoms with van der Waals surface area (Å²) >= 11 is 0. The van der Waals surface area contributed by atoms with Crippen molar-refractivity contribution in [1.82, 2.24) is 0 Å². The molecule has 25 heavy (non-hydrogen) atoms. The maximum atomic E-state index is 12.5. The number of hydrogen-bond donors (Lipinski definition) is 0. The summed E-state index contributed by atoms with van der Waals surface area (Å²) in [4.78, 5) is 26.7. The number of ketones is 1. The van der Waals surface area contributed by atoms with Crippen LogP contribution in [0.2, 0.25) is 0 Å². The number of nitrogens with zero attached hydrogens (tertiary/aromatic N) is 1. The molecule has 1 amide bonds. The van der Waals surface area contributed by atoms with Crippen molar-refractivity contribution in [2.75, 3.05) is 25.7 Å². The Hall–Kier alpha value is -2.82. The first-order valence-electron chi connectivity index (χ1n) is 8.27. The van der Waals surface area contributed by atoms with Crippen molar-refractivity contribution >= 4 is 17.4 Å². The van der Waals surface area contributed by atoms with Crippen LogP contribution in [0.1, 0.15) is 28.8 Å². The van der Waals surface area contributed by atoms with E-state index in [1.54, 1.807) is 30.2 Å². The van der Waals surface area contributed by atoms with Gasteiger partial charge in [-0.2, -0.15) is 0 Å². The summed E-state index contributed by atoms with van der Waals surface area (Å²) in [6, 6.07) is 12.9. The van der Waals surface area contributed by atoms with Crippen molar-refractivity contribution in [3.8, 4) is 11.5 Å². The molecule has 0 saturated carbocycles. The molecule has 1 heterocycles. The minimum atomic E-state index is -0.0817. The first-order chi connectivity index (χ1) is 12.1. The van der Waals surface area contributed by atoms with Crippen LogP contribution >= 0.6 is 0 Å². The third kappa shape index (κ3) is 3.50. The standard InChI is InChI=1S/C20H21NO4/c1-24-18-9-7-15(13-19(18)25-2)17(22)8-10-20(23)21-12-11-14-5-3-4-6-16(14)21/h3-7,9,13H,8,10-12H2,1-2H3. The second kappa shape index (κ2) is 7.38. The zero-order valence-corrected chi connectivity index (χ0v) is 14.5. The highest BCUT2D eigenvalue weighted by molar-refractivity contribution is 6.01. The Kier molecular flexibility index (Phi) is 5.03. The number of benzene rings is 2. The van der Waals surface area contributed by atoms with Crippen molar-refractivity contribution in [2.24, 2.45) is 0 Å². The van der Waals surface area contributed by atoms with E-state index < -0.39 is 0 Å². The van der Waals surface area contributed by atoms with Crippen LogP contribution in [0.15, 0.2) is 42.5 Å². The summed E-state index contributed by atoms with van der Waals surface area (Å²) in [5.41, 5.74) is 2.67. The average Bonchev–Trinajstić information content (AvgIpc) is 3.09. The van der Waals surface area contributed by atoms with Gasteiger partial charge >= 0.3 is 0 Å². The number of carbonyl (C=O) groups is 2. The smallest absolute Gasteiger partial charge is 0.227 e. The maximum absolute atomic E-state index is 12.5. The van der Waals surface area contributed by atoms with Gasteiger partial charge in [-0.05, 0) is 36.2 Å². The third-order valence-electron chi connectivity index (χ3n) is 4.46. The number of carbonyl (C=O) groups excluding carboxylic acids is 2. The highest BCUT2D eigenvalue weighted by Gasteiger charge is 2.24. The van der Waals surface area contributed by atoms with Gasteiger partial charge in [-0.1, -0.05) is 18.2 Å². The van der Waals surface area contributed by atoms with Gasteiger partial charge in [0, 0.05) is 30.6 Å². The Morgan fingerprint density at radius 3 is 2.52 bits per heavy atom. The molecule has 0 atom stereocenters. The molecule has 1 aliphatic rings. The molecule has 0 bridgehead atoms. The first-order valence-corrected chi connectivity index (χ1v) is 8.27. The van der Waals surface area contributed by atoms with E-state index >= 15 is 0 Å². The summed E-state index contributed by atoms with van der Waals surface area (Å²) in [5, 5.41) is 0. The van der Waals surface area contributed by atoms with Crippen molar-refractivity contribution in [3.05, 3.63) is 53.6 Å². The summed E-state index contributed by atoms with van der Waals surface area (Å²) in [5.74, 6) is 0.984. The molecule has 0 aromatic heterocycles. The van der Waals surface area contributed by atoms with E-state index in [1.165, 1.54) is 12.7 Å². The van der Waals surface area contributed by atoms with Crippen molar-refractivity contribution < 1.29 is 19.1 Å². The normalized spacial score (nSPS) is 12.6. The second-order valence-electron chi connectivity index (χ2n) is 5.92. The summed E-state index contributed by atoms with van der Waals surface area (Å²) in [7, 11) is 3.08. The number of rotatable bonds is 6. The van der Waals surface area contributed by atoms with Gasteiger partial charge in [0.1, 0.15) is 0 Å². The molecule has 5 nitrogen and oxygen atoms in total. The van der Waals surface area contributed by atoms with Crippen LogP contribution in [0.4, 0.5) is 5.69 Å². The fourth-order valence-corrected chi connectivity index (χ4v) is 3.11. The molecule has 0 aliphatic carbocycles. The van der Waals surface area contributed by atoms with Gasteiger partial charge in [0.2, 0.25) is 5.91 Å². The quantitative estimate of drug-likeness (QED) is 0.758. The first kappa shape index (κ1) is 17.0. The molecular weight excluding hydrogens is 318 g/mol. The lowest BCUT2D eigenvalue weighted by Crippen LogP contribution is -2.29. The number of methoxy groups -OCH3 is 2. The summed E-state index contributed by atoms with van der Waals surface area (Å²) < 4.78 is 10.4. The SMILES string of the molecule is COc1ccc(C(=O)CCC(=O)N2CCc3ccccc32)cc1OC. The molecule has 5 heteroatoms. The molecule has 3 rings (SSSR count). The Labute approximate surface area is 147 Å². The van der Waals surface area contributed by atoms with Crippen molar-refractivity contribution in [2.45, 2.75) is 19.3 Å². The van der Waals surface area contributed by atoms with Gasteiger partial charge < -0.3 is 14.4 Å². The van der Waals surface area contributed by atoms with Crippen LogP contribution in [0, 0.1) is 0 Å². The zero-order valence-electron chi connectivity index (χ0n) is 14.5. The molecule has 0 spiro atoms. The van der Waals surface area contributed by atoms with Crippen molar-refractivity contribution in [1.29, 1.82) is 0 Å². The number of fused-ring (bicyclic) bond motifs is 1. The average molecular weight is 339 g/mol. The van der Waals surface area contributed by atoms with Crippen LogP contribution in [0.25, 0.3) is 0 Å². The molecule has 130 valence electrons. The molecule has 0 radical (unpaired) electrons. The lowest BCUT2D eigenvalue weighted by atomic mass is 10.1. The number of anilines is 1. The molecule has 0 unspecified atom stereocenters. The highest BCUT2D eigenvalue weighted by Crippen LogP contribution is 2.29. The highest BCUT2D eigenvalue weighted by atomic mass is 16.5. The van der Waals surface area contributed by atoms with Gasteiger partial charge in [-0.3, -0.25) is 9.59 Å². The fraction of sp³-hybridized carbons (Fsp3) is 0.300. The van der Waals surface area contributed by atoms with Crippen LogP contribution in [-0.4, -0.2) is 32.5 Å². The molecule has 2 aromatic carbocycles. The molecule has 1 aliphatic heterocycles. The van der Waals surface area contributed by atoms with E-state index in [-0.39, 0.29) is 24.5 Å². The predicted molar refractivity (Wildman–Crippen MR) is 95.6 cm³/mol. The zero-order chi connectivity index (χ0) is 17.8. The Balaban J connectivity index is 1.64. The Bertz CT molecular complexity index is 800. The van der Waals surface area contributed by atoms with Crippen LogP contribution in [-0.2, 0) is 11.2 Å². The van der Waals surface area contributed by atoms with Gasteiger partial charge in [0.25, 0.3) is 0 Å².